The van der Waals surface area contributed by atoms with E-state index >= 15 is 0 Å². The van der Waals surface area contributed by atoms with Gasteiger partial charge in [-0.25, -0.2) is 16.8 Å². The van der Waals surface area contributed by atoms with Crippen LogP contribution in [0.3, 0.4) is 0 Å². The highest BCUT2D eigenvalue weighted by Gasteiger charge is 2.42. The molecule has 1 saturated heterocycles. The van der Waals surface area contributed by atoms with Gasteiger partial charge in [0.05, 0.1) is 28.5 Å². The predicted molar refractivity (Wildman–Crippen MR) is 87.4 cm³/mol. The van der Waals surface area contributed by atoms with E-state index in [-0.39, 0.29) is 17.3 Å². The number of nitrogens with one attached hydrogen (secondary N) is 1. The van der Waals surface area contributed by atoms with Gasteiger partial charge in [-0.2, -0.15) is 4.31 Å². The minimum absolute atomic E-state index is 0.00641. The number of aliphatic hydroxyl groups excluding tert-OH is 1. The van der Waals surface area contributed by atoms with Crippen LogP contribution in [0.25, 0.3) is 0 Å². The first-order chi connectivity index (χ1) is 11.0. The third kappa shape index (κ3) is 4.12. The molecule has 2 atom stereocenters. The predicted octanol–water partition coefficient (Wildman–Crippen LogP) is -0.899. The molecule has 2 rings (SSSR count). The van der Waals surface area contributed by atoms with Crippen LogP contribution < -0.4 is 5.32 Å². The molecule has 0 aliphatic carbocycles. The summed E-state index contributed by atoms with van der Waals surface area (Å²) >= 11 is 0. The van der Waals surface area contributed by atoms with Crippen LogP contribution in [0.1, 0.15) is 12.5 Å². The molecule has 1 aromatic carbocycles. The molecule has 0 radical (unpaired) electrons. The highest BCUT2D eigenvalue weighted by Crippen LogP contribution is 2.24. The van der Waals surface area contributed by atoms with Crippen molar-refractivity contribution in [1.82, 2.24) is 9.62 Å². The number of carbonyl (C=O) groups is 1. The average Bonchev–Trinajstić information content (AvgIpc) is 2.77. The maximum atomic E-state index is 12.6. The van der Waals surface area contributed by atoms with Crippen molar-refractivity contribution in [3.63, 3.8) is 0 Å². The Kier molecular flexibility index (Phi) is 5.33. The number of amides is 1. The van der Waals surface area contributed by atoms with E-state index in [0.29, 0.717) is 0 Å². The van der Waals surface area contributed by atoms with Crippen molar-refractivity contribution < 1.29 is 26.7 Å². The van der Waals surface area contributed by atoms with Gasteiger partial charge < -0.3 is 10.4 Å². The zero-order chi connectivity index (χ0) is 18.1. The van der Waals surface area contributed by atoms with E-state index < -0.39 is 43.5 Å². The van der Waals surface area contributed by atoms with Gasteiger partial charge in [0.15, 0.2) is 9.84 Å². The number of benzene rings is 1. The fourth-order valence-corrected chi connectivity index (χ4v) is 5.83. The minimum Gasteiger partial charge on any atom is -0.390 e. The SMILES string of the molecule is CC(=O)NCc1ccc(S(=O)(=O)N(C)[C@@H]2CS(=O)(=O)C[C@@H]2O)cc1. The fraction of sp³-hybridized carbons (Fsp3) is 0.500. The Bertz CT molecular complexity index is 817. The van der Waals surface area contributed by atoms with Crippen molar-refractivity contribution >= 4 is 25.8 Å². The number of sulfone groups is 1. The number of rotatable bonds is 5. The van der Waals surface area contributed by atoms with E-state index in [1.165, 1.54) is 26.1 Å². The molecular weight excluding hydrogens is 356 g/mol. The lowest BCUT2D eigenvalue weighted by atomic mass is 10.2. The standard InChI is InChI=1S/C14H20N2O6S2/c1-10(17)15-7-11-3-5-12(6-4-11)24(21,22)16(2)13-8-23(19,20)9-14(13)18/h3-6,13-14,18H,7-9H2,1-2H3,(H,15,17)/t13-,14+/m1/s1. The summed E-state index contributed by atoms with van der Waals surface area (Å²) in [5, 5.41) is 12.4. The summed E-state index contributed by atoms with van der Waals surface area (Å²) in [4.78, 5) is 10.9. The molecule has 1 amide bonds. The highest BCUT2D eigenvalue weighted by molar-refractivity contribution is 7.92. The van der Waals surface area contributed by atoms with Crippen molar-refractivity contribution in [1.29, 1.82) is 0 Å². The van der Waals surface area contributed by atoms with E-state index in [1.54, 1.807) is 12.1 Å². The maximum absolute atomic E-state index is 12.6. The Hall–Kier alpha value is -1.49. The number of likely N-dealkylation sites (N-methyl/N-ethyl adjacent to an activating group) is 1. The Morgan fingerprint density at radius 3 is 2.33 bits per heavy atom. The normalized spacial score (nSPS) is 23.3. The number of nitrogens with zero attached hydrogens (tertiary/aromatic N) is 1. The van der Waals surface area contributed by atoms with Gasteiger partial charge >= 0.3 is 0 Å². The number of carbonyl (C=O) groups excluding carboxylic acids is 1. The molecule has 1 aliphatic rings. The summed E-state index contributed by atoms with van der Waals surface area (Å²) in [6, 6.07) is 4.91. The molecule has 1 fully saturated rings. The van der Waals surface area contributed by atoms with Gasteiger partial charge in [-0.3, -0.25) is 4.79 Å². The van der Waals surface area contributed by atoms with Crippen LogP contribution in [0.4, 0.5) is 0 Å². The Morgan fingerprint density at radius 1 is 1.29 bits per heavy atom. The lowest BCUT2D eigenvalue weighted by Crippen LogP contribution is -2.44. The van der Waals surface area contributed by atoms with Gasteiger partial charge in [0.2, 0.25) is 15.9 Å². The largest absolute Gasteiger partial charge is 0.390 e. The topological polar surface area (TPSA) is 121 Å². The Balaban J connectivity index is 2.19. The first kappa shape index (κ1) is 18.8. The number of hydrogen-bond donors (Lipinski definition) is 2. The lowest BCUT2D eigenvalue weighted by molar-refractivity contribution is -0.119. The average molecular weight is 376 g/mol. The van der Waals surface area contributed by atoms with E-state index in [9.17, 15) is 26.7 Å². The second-order valence-corrected chi connectivity index (χ2v) is 9.94. The summed E-state index contributed by atoms with van der Waals surface area (Å²) in [5.74, 6) is -1.03. The van der Waals surface area contributed by atoms with Crippen molar-refractivity contribution in [2.75, 3.05) is 18.6 Å². The van der Waals surface area contributed by atoms with Crippen LogP contribution in [0.2, 0.25) is 0 Å². The molecule has 1 aliphatic heterocycles. The first-order valence-corrected chi connectivity index (χ1v) is 10.5. The van der Waals surface area contributed by atoms with Gasteiger partial charge in [-0.15, -0.1) is 0 Å². The summed E-state index contributed by atoms with van der Waals surface area (Å²) in [5.41, 5.74) is 0.732. The van der Waals surface area contributed by atoms with Crippen LogP contribution >= 0.6 is 0 Å². The van der Waals surface area contributed by atoms with Crippen molar-refractivity contribution in [2.45, 2.75) is 30.5 Å². The first-order valence-electron chi connectivity index (χ1n) is 7.23. The molecular formula is C14H20N2O6S2. The van der Waals surface area contributed by atoms with Crippen LogP contribution in [0.15, 0.2) is 29.2 Å². The van der Waals surface area contributed by atoms with Gasteiger partial charge in [0.25, 0.3) is 0 Å². The van der Waals surface area contributed by atoms with E-state index in [1.807, 2.05) is 0 Å². The number of hydrogen-bond acceptors (Lipinski definition) is 6. The third-order valence-corrected chi connectivity index (χ3v) is 7.50. The monoisotopic (exact) mass is 376 g/mol. The third-order valence-electron chi connectivity index (χ3n) is 3.90. The Labute approximate surface area is 141 Å². The van der Waals surface area contributed by atoms with Crippen molar-refractivity contribution in [3.8, 4) is 0 Å². The molecule has 0 bridgehead atoms. The molecule has 134 valence electrons. The van der Waals surface area contributed by atoms with Gasteiger partial charge in [0.1, 0.15) is 0 Å². The lowest BCUT2D eigenvalue weighted by Gasteiger charge is -2.25. The summed E-state index contributed by atoms with van der Waals surface area (Å²) in [7, 11) is -6.12. The molecule has 0 spiro atoms. The van der Waals surface area contributed by atoms with Gasteiger partial charge in [-0.05, 0) is 17.7 Å². The van der Waals surface area contributed by atoms with E-state index in [4.69, 9.17) is 0 Å². The Morgan fingerprint density at radius 2 is 1.88 bits per heavy atom. The smallest absolute Gasteiger partial charge is 0.243 e. The minimum atomic E-state index is -3.93. The fourth-order valence-electron chi connectivity index (χ4n) is 2.51. The second-order valence-electron chi connectivity index (χ2n) is 5.79. The number of aliphatic hydroxyl groups is 1. The molecule has 0 aromatic heterocycles. The van der Waals surface area contributed by atoms with Crippen LogP contribution in [-0.4, -0.2) is 62.9 Å². The van der Waals surface area contributed by atoms with Crippen molar-refractivity contribution in [3.05, 3.63) is 29.8 Å². The number of sulfonamides is 1. The van der Waals surface area contributed by atoms with Gasteiger partial charge in [0, 0.05) is 20.5 Å². The van der Waals surface area contributed by atoms with Crippen molar-refractivity contribution in [2.24, 2.45) is 0 Å². The summed E-state index contributed by atoms with van der Waals surface area (Å²) in [6.07, 6.45) is -1.24. The van der Waals surface area contributed by atoms with Crippen LogP contribution in [-0.2, 0) is 31.2 Å². The molecule has 1 heterocycles. The van der Waals surface area contributed by atoms with Gasteiger partial charge in [-0.1, -0.05) is 12.1 Å². The van der Waals surface area contributed by atoms with Crippen LogP contribution in [0.5, 0.6) is 0 Å². The molecule has 2 N–H and O–H groups in total. The molecule has 10 heteroatoms. The van der Waals surface area contributed by atoms with E-state index in [2.05, 4.69) is 5.32 Å². The summed E-state index contributed by atoms with van der Waals surface area (Å²) in [6.45, 7) is 1.67. The van der Waals surface area contributed by atoms with E-state index in [0.717, 1.165) is 9.87 Å². The molecule has 24 heavy (non-hydrogen) atoms. The maximum Gasteiger partial charge on any atom is 0.243 e. The van der Waals surface area contributed by atoms with Crippen LogP contribution in [0, 0.1) is 0 Å². The quantitative estimate of drug-likeness (QED) is 0.687. The molecule has 0 unspecified atom stereocenters. The molecule has 1 aromatic rings. The highest BCUT2D eigenvalue weighted by atomic mass is 32.2. The zero-order valence-corrected chi connectivity index (χ0v) is 15.0. The second kappa shape index (κ2) is 6.79. The molecule has 0 saturated carbocycles. The molecule has 8 nitrogen and oxygen atoms in total. The zero-order valence-electron chi connectivity index (χ0n) is 13.3. The summed E-state index contributed by atoms with van der Waals surface area (Å²) < 4.78 is 49.3.